The Balaban J connectivity index is 0.00000289. The molecule has 0 aliphatic rings. The fraction of sp³-hybridized carbons (Fsp3) is 0.333. The molecule has 0 spiro atoms. The van der Waals surface area contributed by atoms with E-state index in [1.54, 1.807) is 6.07 Å². The van der Waals surface area contributed by atoms with Gasteiger partial charge in [0.05, 0.1) is 0 Å². The van der Waals surface area contributed by atoms with Crippen molar-refractivity contribution in [2.45, 2.75) is 25.7 Å². The Bertz CT molecular complexity index is 407. The molecule has 1 rings (SSSR count). The zero-order chi connectivity index (χ0) is 13.1. The number of halogens is 4. The Labute approximate surface area is 110 Å². The Morgan fingerprint density at radius 1 is 1.44 bits per heavy atom. The molecule has 0 unspecified atom stereocenters. The minimum absolute atomic E-state index is 0. The van der Waals surface area contributed by atoms with Crippen molar-refractivity contribution in [2.75, 3.05) is 0 Å². The molecule has 0 saturated carbocycles. The molecule has 2 N–H and O–H groups in total. The molecule has 6 heteroatoms. The standard InChI is InChI=1S/C12H14F3NO.ClH/c1-8(2)6-11(16)9-4-3-5-10(7-9)17-12(13,14)15;/h3-5,7,11H,1,6,16H2,2H3;1H/t11-;/m1./s1. The van der Waals surface area contributed by atoms with E-state index in [4.69, 9.17) is 5.73 Å². The van der Waals surface area contributed by atoms with Crippen molar-refractivity contribution >= 4 is 12.4 Å². The van der Waals surface area contributed by atoms with Gasteiger partial charge in [-0.15, -0.1) is 32.2 Å². The predicted molar refractivity (Wildman–Crippen MR) is 66.7 cm³/mol. The van der Waals surface area contributed by atoms with Crippen LogP contribution in [0.1, 0.15) is 24.9 Å². The van der Waals surface area contributed by atoms with Crippen LogP contribution in [0, 0.1) is 0 Å². The third kappa shape index (κ3) is 5.93. The van der Waals surface area contributed by atoms with Crippen LogP contribution in [0.5, 0.6) is 5.75 Å². The summed E-state index contributed by atoms with van der Waals surface area (Å²) in [5.74, 6) is -0.257. The van der Waals surface area contributed by atoms with Crippen LogP contribution in [-0.4, -0.2) is 6.36 Å². The van der Waals surface area contributed by atoms with Crippen LogP contribution in [0.3, 0.4) is 0 Å². The lowest BCUT2D eigenvalue weighted by Crippen LogP contribution is -2.17. The van der Waals surface area contributed by atoms with E-state index in [0.717, 1.165) is 5.57 Å². The predicted octanol–water partition coefficient (Wildman–Crippen LogP) is 3.97. The molecule has 102 valence electrons. The molecule has 0 aliphatic heterocycles. The molecule has 1 atom stereocenters. The highest BCUT2D eigenvalue weighted by molar-refractivity contribution is 5.85. The molecule has 1 aromatic carbocycles. The molecule has 1 aromatic rings. The lowest BCUT2D eigenvalue weighted by molar-refractivity contribution is -0.274. The first kappa shape index (κ1) is 16.8. The van der Waals surface area contributed by atoms with Gasteiger partial charge in [-0.3, -0.25) is 0 Å². The molecule has 18 heavy (non-hydrogen) atoms. The van der Waals surface area contributed by atoms with Gasteiger partial charge < -0.3 is 10.5 Å². The minimum Gasteiger partial charge on any atom is -0.406 e. The topological polar surface area (TPSA) is 35.2 Å². The molecule has 0 heterocycles. The summed E-state index contributed by atoms with van der Waals surface area (Å²) in [7, 11) is 0. The second-order valence-corrected chi connectivity index (χ2v) is 3.89. The van der Waals surface area contributed by atoms with Gasteiger partial charge in [-0.05, 0) is 31.0 Å². The number of hydrogen-bond donors (Lipinski definition) is 1. The van der Waals surface area contributed by atoms with Crippen LogP contribution < -0.4 is 10.5 Å². The van der Waals surface area contributed by atoms with E-state index >= 15 is 0 Å². The fourth-order valence-corrected chi connectivity index (χ4v) is 1.44. The summed E-state index contributed by atoms with van der Waals surface area (Å²) >= 11 is 0. The van der Waals surface area contributed by atoms with Crippen molar-refractivity contribution in [3.05, 3.63) is 42.0 Å². The van der Waals surface area contributed by atoms with Crippen molar-refractivity contribution in [3.8, 4) is 5.75 Å². The summed E-state index contributed by atoms with van der Waals surface area (Å²) < 4.78 is 39.9. The zero-order valence-electron chi connectivity index (χ0n) is 9.83. The monoisotopic (exact) mass is 281 g/mol. The van der Waals surface area contributed by atoms with Crippen LogP contribution in [0.4, 0.5) is 13.2 Å². The molecular formula is C12H15ClF3NO. The maximum absolute atomic E-state index is 12.0. The maximum atomic E-state index is 12.0. The SMILES string of the molecule is C=C(C)C[C@@H](N)c1cccc(OC(F)(F)F)c1.Cl. The Hall–Kier alpha value is -1.20. The lowest BCUT2D eigenvalue weighted by atomic mass is 10.0. The quantitative estimate of drug-likeness (QED) is 0.848. The molecule has 0 fully saturated rings. The van der Waals surface area contributed by atoms with Gasteiger partial charge in [0, 0.05) is 6.04 Å². The van der Waals surface area contributed by atoms with Gasteiger partial charge in [-0.1, -0.05) is 17.7 Å². The van der Waals surface area contributed by atoms with Gasteiger partial charge in [0.1, 0.15) is 5.75 Å². The van der Waals surface area contributed by atoms with E-state index in [9.17, 15) is 13.2 Å². The molecule has 0 bridgehead atoms. The second kappa shape index (κ2) is 6.66. The van der Waals surface area contributed by atoms with E-state index in [-0.39, 0.29) is 24.2 Å². The molecule has 0 saturated heterocycles. The van der Waals surface area contributed by atoms with Crippen LogP contribution in [-0.2, 0) is 0 Å². The number of alkyl halides is 3. The van der Waals surface area contributed by atoms with Crippen molar-refractivity contribution < 1.29 is 17.9 Å². The number of benzene rings is 1. The van der Waals surface area contributed by atoms with Crippen LogP contribution >= 0.6 is 12.4 Å². The van der Waals surface area contributed by atoms with E-state index < -0.39 is 6.36 Å². The fourth-order valence-electron chi connectivity index (χ4n) is 1.44. The van der Waals surface area contributed by atoms with Crippen LogP contribution in [0.25, 0.3) is 0 Å². The average Bonchev–Trinajstić information content (AvgIpc) is 2.14. The molecule has 0 radical (unpaired) electrons. The van der Waals surface area contributed by atoms with Crippen molar-refractivity contribution in [2.24, 2.45) is 5.73 Å². The third-order valence-corrected chi connectivity index (χ3v) is 2.09. The van der Waals surface area contributed by atoms with Gasteiger partial charge in [0.2, 0.25) is 0 Å². The maximum Gasteiger partial charge on any atom is 0.573 e. The van der Waals surface area contributed by atoms with Gasteiger partial charge in [-0.2, -0.15) is 0 Å². The second-order valence-electron chi connectivity index (χ2n) is 3.89. The smallest absolute Gasteiger partial charge is 0.406 e. The summed E-state index contributed by atoms with van der Waals surface area (Å²) in [6.07, 6.45) is -4.16. The molecular weight excluding hydrogens is 267 g/mol. The summed E-state index contributed by atoms with van der Waals surface area (Å²) in [5.41, 5.74) is 7.30. The van der Waals surface area contributed by atoms with Gasteiger partial charge in [0.15, 0.2) is 0 Å². The van der Waals surface area contributed by atoms with Crippen molar-refractivity contribution in [1.29, 1.82) is 0 Å². The first-order valence-electron chi connectivity index (χ1n) is 5.03. The van der Waals surface area contributed by atoms with Gasteiger partial charge in [0.25, 0.3) is 0 Å². The van der Waals surface area contributed by atoms with Crippen LogP contribution in [0.2, 0.25) is 0 Å². The largest absolute Gasteiger partial charge is 0.573 e. The minimum atomic E-state index is -4.68. The first-order chi connectivity index (χ1) is 7.78. The van der Waals surface area contributed by atoms with E-state index in [2.05, 4.69) is 11.3 Å². The van der Waals surface area contributed by atoms with E-state index in [0.29, 0.717) is 12.0 Å². The van der Waals surface area contributed by atoms with E-state index in [1.165, 1.54) is 18.2 Å². The number of hydrogen-bond acceptors (Lipinski definition) is 2. The molecule has 0 aromatic heterocycles. The van der Waals surface area contributed by atoms with Gasteiger partial charge >= 0.3 is 6.36 Å². The van der Waals surface area contributed by atoms with Crippen LogP contribution in [0.15, 0.2) is 36.4 Å². The van der Waals surface area contributed by atoms with Crippen molar-refractivity contribution in [3.63, 3.8) is 0 Å². The Morgan fingerprint density at radius 2 is 2.06 bits per heavy atom. The zero-order valence-corrected chi connectivity index (χ0v) is 10.6. The first-order valence-corrected chi connectivity index (χ1v) is 5.03. The number of nitrogens with two attached hydrogens (primary N) is 1. The number of rotatable bonds is 4. The third-order valence-electron chi connectivity index (χ3n) is 2.09. The Morgan fingerprint density at radius 3 is 2.56 bits per heavy atom. The highest BCUT2D eigenvalue weighted by Crippen LogP contribution is 2.26. The van der Waals surface area contributed by atoms with E-state index in [1.807, 2.05) is 6.92 Å². The van der Waals surface area contributed by atoms with Crippen molar-refractivity contribution in [1.82, 2.24) is 0 Å². The summed E-state index contributed by atoms with van der Waals surface area (Å²) in [5, 5.41) is 0. The Kier molecular flexibility index (Phi) is 6.21. The summed E-state index contributed by atoms with van der Waals surface area (Å²) in [6, 6.07) is 5.31. The highest BCUT2D eigenvalue weighted by Gasteiger charge is 2.31. The van der Waals surface area contributed by atoms with Gasteiger partial charge in [-0.25, -0.2) is 0 Å². The lowest BCUT2D eigenvalue weighted by Gasteiger charge is -2.14. The average molecular weight is 282 g/mol. The summed E-state index contributed by atoms with van der Waals surface area (Å²) in [6.45, 7) is 5.53. The molecule has 0 aliphatic carbocycles. The number of ether oxygens (including phenoxy) is 1. The highest BCUT2D eigenvalue weighted by atomic mass is 35.5. The normalized spacial score (nSPS) is 12.5. The summed E-state index contributed by atoms with van der Waals surface area (Å²) in [4.78, 5) is 0. The molecule has 2 nitrogen and oxygen atoms in total. The molecule has 0 amide bonds.